The molecule has 29 heavy (non-hydrogen) atoms. The molecule has 1 saturated heterocycles. The van der Waals surface area contributed by atoms with Gasteiger partial charge in [0.2, 0.25) is 11.8 Å². The molecule has 0 radical (unpaired) electrons. The number of amides is 2. The van der Waals surface area contributed by atoms with Crippen LogP contribution in [0.25, 0.3) is 0 Å². The molecule has 0 aliphatic carbocycles. The second-order valence-corrected chi connectivity index (χ2v) is 7.29. The first-order valence-corrected chi connectivity index (χ1v) is 10.1. The van der Waals surface area contributed by atoms with Crippen LogP contribution in [0.5, 0.6) is 0 Å². The van der Waals surface area contributed by atoms with Crippen LogP contribution < -0.4 is 15.5 Å². The molecule has 6 nitrogen and oxygen atoms in total. The van der Waals surface area contributed by atoms with Crippen molar-refractivity contribution in [1.29, 1.82) is 0 Å². The van der Waals surface area contributed by atoms with Gasteiger partial charge in [0.1, 0.15) is 11.6 Å². The van der Waals surface area contributed by atoms with E-state index in [0.29, 0.717) is 12.1 Å². The van der Waals surface area contributed by atoms with Gasteiger partial charge in [0, 0.05) is 25.8 Å². The van der Waals surface area contributed by atoms with Crippen molar-refractivity contribution >= 4 is 17.6 Å². The lowest BCUT2D eigenvalue weighted by molar-refractivity contribution is -0.125. The molecule has 3 rings (SSSR count). The highest BCUT2D eigenvalue weighted by atomic mass is 19.1. The van der Waals surface area contributed by atoms with Gasteiger partial charge in [-0.25, -0.2) is 9.37 Å². The fraction of sp³-hybridized carbons (Fsp3) is 0.409. The summed E-state index contributed by atoms with van der Waals surface area (Å²) in [5.74, 6) is -0.0153. The molecular weight excluding hydrogens is 371 g/mol. The first kappa shape index (κ1) is 20.8. The lowest BCUT2D eigenvalue weighted by Gasteiger charge is -2.21. The minimum Gasteiger partial charge on any atom is -0.357 e. The maximum absolute atomic E-state index is 13.1. The minimum absolute atomic E-state index is 0.0346. The Morgan fingerprint density at radius 3 is 2.45 bits per heavy atom. The summed E-state index contributed by atoms with van der Waals surface area (Å²) in [7, 11) is 0. The third-order valence-corrected chi connectivity index (χ3v) is 4.93. The van der Waals surface area contributed by atoms with Crippen molar-refractivity contribution in [2.75, 3.05) is 24.5 Å². The highest BCUT2D eigenvalue weighted by Gasteiger charge is 2.11. The summed E-state index contributed by atoms with van der Waals surface area (Å²) in [5.41, 5.74) is 1.47. The second kappa shape index (κ2) is 10.5. The molecule has 0 unspecified atom stereocenters. The van der Waals surface area contributed by atoms with Crippen LogP contribution in [0.3, 0.4) is 0 Å². The van der Waals surface area contributed by atoms with Crippen LogP contribution in [-0.4, -0.2) is 36.4 Å². The number of rotatable bonds is 7. The van der Waals surface area contributed by atoms with E-state index in [-0.39, 0.29) is 30.6 Å². The predicted molar refractivity (Wildman–Crippen MR) is 110 cm³/mol. The average molecular weight is 398 g/mol. The molecule has 2 amide bonds. The van der Waals surface area contributed by atoms with Crippen LogP contribution in [0.4, 0.5) is 10.2 Å². The third kappa shape index (κ3) is 6.85. The Labute approximate surface area is 170 Å². The van der Waals surface area contributed by atoms with Crippen molar-refractivity contribution in [2.24, 2.45) is 0 Å². The molecule has 1 aliphatic rings. The largest absolute Gasteiger partial charge is 0.357 e. The summed E-state index contributed by atoms with van der Waals surface area (Å²) in [5, 5.41) is 5.32. The van der Waals surface area contributed by atoms with Crippen LogP contribution >= 0.6 is 0 Å². The number of pyridine rings is 1. The van der Waals surface area contributed by atoms with Gasteiger partial charge in [-0.2, -0.15) is 0 Å². The topological polar surface area (TPSA) is 74.3 Å². The summed E-state index contributed by atoms with van der Waals surface area (Å²) in [6.45, 7) is 2.32. The van der Waals surface area contributed by atoms with E-state index < -0.39 is 0 Å². The predicted octanol–water partition coefficient (Wildman–Crippen LogP) is 2.58. The Morgan fingerprint density at radius 2 is 1.76 bits per heavy atom. The molecule has 154 valence electrons. The Balaban J connectivity index is 1.39. The van der Waals surface area contributed by atoms with Crippen molar-refractivity contribution in [2.45, 2.75) is 38.6 Å². The normalized spacial score (nSPS) is 14.2. The quantitative estimate of drug-likeness (QED) is 0.752. The number of halogens is 1. The zero-order chi connectivity index (χ0) is 20.5. The summed E-state index contributed by atoms with van der Waals surface area (Å²) in [6.07, 6.45) is 6.77. The average Bonchev–Trinajstić information content (AvgIpc) is 3.01. The van der Waals surface area contributed by atoms with Gasteiger partial charge < -0.3 is 15.5 Å². The highest BCUT2D eigenvalue weighted by molar-refractivity contribution is 5.85. The Hall–Kier alpha value is -2.96. The van der Waals surface area contributed by atoms with Gasteiger partial charge >= 0.3 is 0 Å². The van der Waals surface area contributed by atoms with E-state index in [1.54, 1.807) is 18.3 Å². The van der Waals surface area contributed by atoms with Gasteiger partial charge in [-0.1, -0.05) is 31.0 Å². The summed E-state index contributed by atoms with van der Waals surface area (Å²) < 4.78 is 13.1. The molecule has 0 spiro atoms. The van der Waals surface area contributed by atoms with Gasteiger partial charge in [-0.3, -0.25) is 9.59 Å². The van der Waals surface area contributed by atoms with Crippen molar-refractivity contribution in [3.05, 3.63) is 59.5 Å². The zero-order valence-electron chi connectivity index (χ0n) is 16.5. The SMILES string of the molecule is O=C(CNC(=O)Cc1cccc(F)c1)NCc1ccc(N2CCCCCC2)nc1. The molecule has 1 fully saturated rings. The Morgan fingerprint density at radius 1 is 0.966 bits per heavy atom. The van der Waals surface area contributed by atoms with Gasteiger partial charge in [0.05, 0.1) is 13.0 Å². The fourth-order valence-electron chi connectivity index (χ4n) is 3.34. The minimum atomic E-state index is -0.386. The van der Waals surface area contributed by atoms with E-state index in [1.165, 1.54) is 37.8 Å². The van der Waals surface area contributed by atoms with Gasteiger partial charge in [0.15, 0.2) is 0 Å². The number of benzene rings is 1. The van der Waals surface area contributed by atoms with Crippen molar-refractivity contribution in [3.8, 4) is 0 Å². The highest BCUT2D eigenvalue weighted by Crippen LogP contribution is 2.17. The number of nitrogens with zero attached hydrogens (tertiary/aromatic N) is 2. The summed E-state index contributed by atoms with van der Waals surface area (Å²) >= 11 is 0. The molecule has 0 atom stereocenters. The van der Waals surface area contributed by atoms with E-state index in [2.05, 4.69) is 20.5 Å². The van der Waals surface area contributed by atoms with Crippen molar-refractivity contribution in [1.82, 2.24) is 15.6 Å². The molecule has 7 heteroatoms. The van der Waals surface area contributed by atoms with Gasteiger partial charge in [-0.15, -0.1) is 0 Å². The van der Waals surface area contributed by atoms with Crippen LogP contribution in [-0.2, 0) is 22.6 Å². The van der Waals surface area contributed by atoms with Gasteiger partial charge in [-0.05, 0) is 42.2 Å². The standard InChI is InChI=1S/C22H27FN4O2/c23-19-7-5-6-17(12-19)13-21(28)26-16-22(29)25-15-18-8-9-20(24-14-18)27-10-3-1-2-4-11-27/h5-9,12,14H,1-4,10-11,13,15-16H2,(H,25,29)(H,26,28). The number of hydrogen-bond donors (Lipinski definition) is 2. The number of carbonyl (C=O) groups excluding carboxylic acids is 2. The zero-order valence-corrected chi connectivity index (χ0v) is 16.5. The van der Waals surface area contributed by atoms with E-state index in [0.717, 1.165) is 24.5 Å². The van der Waals surface area contributed by atoms with E-state index in [1.807, 2.05) is 12.1 Å². The number of hydrogen-bond acceptors (Lipinski definition) is 4. The smallest absolute Gasteiger partial charge is 0.239 e. The summed E-state index contributed by atoms with van der Waals surface area (Å²) in [4.78, 5) is 30.7. The summed E-state index contributed by atoms with van der Waals surface area (Å²) in [6, 6.07) is 9.82. The lowest BCUT2D eigenvalue weighted by Crippen LogP contribution is -2.37. The first-order valence-electron chi connectivity index (χ1n) is 10.1. The van der Waals surface area contributed by atoms with Crippen molar-refractivity contribution < 1.29 is 14.0 Å². The van der Waals surface area contributed by atoms with Crippen LogP contribution in [0.2, 0.25) is 0 Å². The van der Waals surface area contributed by atoms with Crippen LogP contribution in [0.1, 0.15) is 36.8 Å². The second-order valence-electron chi connectivity index (χ2n) is 7.29. The Kier molecular flexibility index (Phi) is 7.55. The molecule has 1 aromatic heterocycles. The number of anilines is 1. The van der Waals surface area contributed by atoms with Crippen LogP contribution in [0, 0.1) is 5.82 Å². The van der Waals surface area contributed by atoms with Crippen LogP contribution in [0.15, 0.2) is 42.6 Å². The Bertz CT molecular complexity index is 818. The van der Waals surface area contributed by atoms with Crippen molar-refractivity contribution in [3.63, 3.8) is 0 Å². The molecular formula is C22H27FN4O2. The maximum atomic E-state index is 13.1. The molecule has 2 heterocycles. The molecule has 2 N–H and O–H groups in total. The third-order valence-electron chi connectivity index (χ3n) is 4.93. The molecule has 0 saturated carbocycles. The lowest BCUT2D eigenvalue weighted by atomic mass is 10.1. The molecule has 2 aromatic rings. The van der Waals surface area contributed by atoms with E-state index in [4.69, 9.17) is 0 Å². The van der Waals surface area contributed by atoms with E-state index >= 15 is 0 Å². The van der Waals surface area contributed by atoms with Gasteiger partial charge in [0.25, 0.3) is 0 Å². The molecule has 1 aliphatic heterocycles. The number of nitrogens with one attached hydrogen (secondary N) is 2. The first-order chi connectivity index (χ1) is 14.1. The molecule has 0 bridgehead atoms. The fourth-order valence-corrected chi connectivity index (χ4v) is 3.34. The monoisotopic (exact) mass is 398 g/mol. The molecule has 1 aromatic carbocycles. The number of aromatic nitrogens is 1. The van der Waals surface area contributed by atoms with E-state index in [9.17, 15) is 14.0 Å². The number of carbonyl (C=O) groups is 2. The maximum Gasteiger partial charge on any atom is 0.239 e.